The molecule has 36 heavy (non-hydrogen) atoms. The Bertz CT molecular complexity index is 1250. The smallest absolute Gasteiger partial charge is 0.278 e. The third kappa shape index (κ3) is 4.09. The summed E-state index contributed by atoms with van der Waals surface area (Å²) in [6, 6.07) is 7.52. The Hall–Kier alpha value is -3.53. The van der Waals surface area contributed by atoms with Gasteiger partial charge in [-0.1, -0.05) is 12.5 Å². The fourth-order valence-electron chi connectivity index (χ4n) is 5.85. The topological polar surface area (TPSA) is 118 Å². The molecule has 1 aromatic carbocycles. The zero-order valence-corrected chi connectivity index (χ0v) is 20.0. The fraction of sp³-hybridized carbons (Fsp3) is 0.500. The Labute approximate surface area is 209 Å². The summed E-state index contributed by atoms with van der Waals surface area (Å²) in [5.74, 6) is 2.05. The molecule has 186 valence electrons. The maximum Gasteiger partial charge on any atom is 0.278 e. The quantitative estimate of drug-likeness (QED) is 0.556. The van der Waals surface area contributed by atoms with Crippen molar-refractivity contribution in [2.24, 2.45) is 0 Å². The second kappa shape index (κ2) is 8.85. The number of rotatable bonds is 5. The molecule has 1 aliphatic carbocycles. The number of ether oxygens (including phenoxy) is 2. The maximum atomic E-state index is 10.8. The molecular weight excluding hydrogens is 458 g/mol. The standard InChI is InChI=1S/C26H29N7O3/c34-22-10-15(21-13-28-25-26(30-21)36-9-8-35-25)4-7-20(22)24-27-14-23(31-32-24)33(18-5-6-18)19-11-16-2-1-3-17(12-19)29-16/h4,7,10,13-14,16-19,29,34H,1-3,5-6,8-9,11-12H2/t16-,17+,19-. The minimum absolute atomic E-state index is 0.0592. The van der Waals surface area contributed by atoms with Gasteiger partial charge in [0.25, 0.3) is 11.8 Å². The number of hydrogen-bond acceptors (Lipinski definition) is 10. The van der Waals surface area contributed by atoms with Crippen molar-refractivity contribution >= 4 is 5.82 Å². The Morgan fingerprint density at radius 1 is 0.889 bits per heavy atom. The van der Waals surface area contributed by atoms with Crippen LogP contribution in [0.15, 0.2) is 30.6 Å². The molecule has 7 rings (SSSR count). The zero-order chi connectivity index (χ0) is 24.1. The summed E-state index contributed by atoms with van der Waals surface area (Å²) in [5, 5.41) is 23.6. The maximum absolute atomic E-state index is 10.8. The summed E-state index contributed by atoms with van der Waals surface area (Å²) in [4.78, 5) is 15.8. The molecule has 0 amide bonds. The number of nitrogens with zero attached hydrogens (tertiary/aromatic N) is 6. The molecule has 2 saturated heterocycles. The number of benzene rings is 1. The number of piperidine rings is 2. The van der Waals surface area contributed by atoms with E-state index in [0.717, 1.165) is 18.7 Å². The van der Waals surface area contributed by atoms with E-state index in [0.29, 0.717) is 71.8 Å². The molecular formula is C26H29N7O3. The SMILES string of the molecule is Oc1cc(-c2cnc3c(n2)OCCO3)ccc1-c1ncc(N(C2CC2)[C@@H]2C[C@H]3CCC[C@@H](C2)N3)nn1. The predicted octanol–water partition coefficient (Wildman–Crippen LogP) is 3.11. The lowest BCUT2D eigenvalue weighted by atomic mass is 9.83. The normalized spacial score (nSPS) is 24.8. The van der Waals surface area contributed by atoms with E-state index in [-0.39, 0.29) is 5.75 Å². The molecule has 2 N–H and O–H groups in total. The summed E-state index contributed by atoms with van der Waals surface area (Å²) in [7, 11) is 0. The average Bonchev–Trinajstić information content (AvgIpc) is 3.74. The number of phenolic OH excluding ortho intramolecular Hbond substituents is 1. The minimum atomic E-state index is 0.0592. The molecule has 0 spiro atoms. The van der Waals surface area contributed by atoms with Crippen LogP contribution in [0, 0.1) is 0 Å². The molecule has 10 nitrogen and oxygen atoms in total. The first-order chi connectivity index (χ1) is 17.7. The highest BCUT2D eigenvalue weighted by Gasteiger charge is 2.40. The van der Waals surface area contributed by atoms with Crippen molar-refractivity contribution in [3.8, 4) is 40.2 Å². The molecule has 5 heterocycles. The predicted molar refractivity (Wildman–Crippen MR) is 132 cm³/mol. The van der Waals surface area contributed by atoms with Crippen molar-refractivity contribution in [1.82, 2.24) is 30.5 Å². The van der Waals surface area contributed by atoms with E-state index >= 15 is 0 Å². The van der Waals surface area contributed by atoms with Crippen LogP contribution < -0.4 is 19.7 Å². The number of aromatic hydroxyl groups is 1. The number of anilines is 1. The van der Waals surface area contributed by atoms with Crippen LogP contribution in [-0.4, -0.2) is 67.6 Å². The molecule has 0 unspecified atom stereocenters. The van der Waals surface area contributed by atoms with Crippen LogP contribution in [0.3, 0.4) is 0 Å². The Morgan fingerprint density at radius 3 is 2.42 bits per heavy atom. The molecule has 10 heteroatoms. The number of fused-ring (bicyclic) bond motifs is 3. The Balaban J connectivity index is 1.12. The number of nitrogens with one attached hydrogen (secondary N) is 1. The summed E-state index contributed by atoms with van der Waals surface area (Å²) in [6.45, 7) is 0.896. The third-order valence-electron chi connectivity index (χ3n) is 7.64. The van der Waals surface area contributed by atoms with Crippen molar-refractivity contribution in [2.45, 2.75) is 69.1 Å². The van der Waals surface area contributed by atoms with E-state index < -0.39 is 0 Å². The molecule has 3 fully saturated rings. The summed E-state index contributed by atoms with van der Waals surface area (Å²) >= 11 is 0. The van der Waals surface area contributed by atoms with Gasteiger partial charge in [-0.3, -0.25) is 0 Å². The zero-order valence-electron chi connectivity index (χ0n) is 20.0. The average molecular weight is 488 g/mol. The highest BCUT2D eigenvalue weighted by atomic mass is 16.6. The number of phenols is 1. The molecule has 3 aromatic rings. The van der Waals surface area contributed by atoms with Crippen LogP contribution >= 0.6 is 0 Å². The highest BCUT2D eigenvalue weighted by molar-refractivity contribution is 5.71. The number of hydrogen-bond donors (Lipinski definition) is 2. The van der Waals surface area contributed by atoms with E-state index in [1.165, 1.54) is 32.1 Å². The van der Waals surface area contributed by atoms with Gasteiger partial charge in [-0.25, -0.2) is 15.0 Å². The van der Waals surface area contributed by atoms with Crippen molar-refractivity contribution in [3.05, 3.63) is 30.6 Å². The summed E-state index contributed by atoms with van der Waals surface area (Å²) in [6.07, 6.45) is 12.0. The van der Waals surface area contributed by atoms with Gasteiger partial charge in [-0.05, 0) is 50.7 Å². The summed E-state index contributed by atoms with van der Waals surface area (Å²) in [5.41, 5.74) is 1.82. The van der Waals surface area contributed by atoms with Crippen LogP contribution in [0.5, 0.6) is 17.5 Å². The van der Waals surface area contributed by atoms with Gasteiger partial charge in [0, 0.05) is 29.7 Å². The molecule has 3 atom stereocenters. The molecule has 3 aliphatic heterocycles. The first-order valence-corrected chi connectivity index (χ1v) is 12.9. The lowest BCUT2D eigenvalue weighted by Gasteiger charge is -2.45. The van der Waals surface area contributed by atoms with Crippen molar-refractivity contribution in [2.75, 3.05) is 18.1 Å². The largest absolute Gasteiger partial charge is 0.507 e. The van der Waals surface area contributed by atoms with Crippen LogP contribution in [0.2, 0.25) is 0 Å². The van der Waals surface area contributed by atoms with Gasteiger partial charge < -0.3 is 24.8 Å². The van der Waals surface area contributed by atoms with E-state index in [4.69, 9.17) is 9.47 Å². The van der Waals surface area contributed by atoms with Gasteiger partial charge in [0.15, 0.2) is 11.6 Å². The fourth-order valence-corrected chi connectivity index (χ4v) is 5.85. The van der Waals surface area contributed by atoms with E-state index in [2.05, 4.69) is 35.4 Å². The first-order valence-electron chi connectivity index (χ1n) is 12.9. The summed E-state index contributed by atoms with van der Waals surface area (Å²) < 4.78 is 11.0. The van der Waals surface area contributed by atoms with Crippen molar-refractivity contribution in [3.63, 3.8) is 0 Å². The lowest BCUT2D eigenvalue weighted by molar-refractivity contribution is 0.157. The third-order valence-corrected chi connectivity index (χ3v) is 7.64. The molecule has 2 aromatic heterocycles. The van der Waals surface area contributed by atoms with Gasteiger partial charge >= 0.3 is 0 Å². The van der Waals surface area contributed by atoms with Gasteiger partial charge in [-0.2, -0.15) is 0 Å². The van der Waals surface area contributed by atoms with Gasteiger partial charge in [-0.15, -0.1) is 10.2 Å². The van der Waals surface area contributed by atoms with E-state index in [1.807, 2.05) is 12.3 Å². The molecule has 0 radical (unpaired) electrons. The first kappa shape index (κ1) is 21.7. The molecule has 2 bridgehead atoms. The monoisotopic (exact) mass is 487 g/mol. The van der Waals surface area contributed by atoms with E-state index in [9.17, 15) is 5.11 Å². The lowest BCUT2D eigenvalue weighted by Crippen LogP contribution is -2.55. The minimum Gasteiger partial charge on any atom is -0.507 e. The Kier molecular flexibility index (Phi) is 5.34. The van der Waals surface area contributed by atoms with Gasteiger partial charge in [0.2, 0.25) is 0 Å². The van der Waals surface area contributed by atoms with Gasteiger partial charge in [0.1, 0.15) is 19.0 Å². The second-order valence-corrected chi connectivity index (χ2v) is 10.2. The Morgan fingerprint density at radius 2 is 1.69 bits per heavy atom. The second-order valence-electron chi connectivity index (χ2n) is 10.2. The number of aromatic nitrogens is 5. The van der Waals surface area contributed by atoms with Crippen LogP contribution in [0.4, 0.5) is 5.82 Å². The highest BCUT2D eigenvalue weighted by Crippen LogP contribution is 2.38. The molecule has 4 aliphatic rings. The van der Waals surface area contributed by atoms with E-state index in [1.54, 1.807) is 18.3 Å². The molecule has 1 saturated carbocycles. The van der Waals surface area contributed by atoms with Crippen LogP contribution in [0.1, 0.15) is 44.9 Å². The van der Waals surface area contributed by atoms with Crippen LogP contribution in [-0.2, 0) is 0 Å². The van der Waals surface area contributed by atoms with Crippen molar-refractivity contribution in [1.29, 1.82) is 0 Å². The van der Waals surface area contributed by atoms with Crippen LogP contribution in [0.25, 0.3) is 22.6 Å². The van der Waals surface area contributed by atoms with Crippen molar-refractivity contribution < 1.29 is 14.6 Å². The van der Waals surface area contributed by atoms with Gasteiger partial charge in [0.05, 0.1) is 23.7 Å².